The third-order valence-corrected chi connectivity index (χ3v) is 4.34. The molecule has 0 aliphatic heterocycles. The number of hydrogen-bond donors (Lipinski definition) is 0. The lowest BCUT2D eigenvalue weighted by Gasteiger charge is -2.12. The van der Waals surface area contributed by atoms with E-state index in [1.54, 1.807) is 11.3 Å². The van der Waals surface area contributed by atoms with Crippen LogP contribution in [0.1, 0.15) is 17.7 Å². The van der Waals surface area contributed by atoms with E-state index in [9.17, 15) is 0 Å². The molecule has 16 heavy (non-hydrogen) atoms. The lowest BCUT2D eigenvalue weighted by Crippen LogP contribution is -2.05. The first-order valence-electron chi connectivity index (χ1n) is 5.77. The van der Waals surface area contributed by atoms with Crippen LogP contribution in [-0.4, -0.2) is 10.8 Å². The van der Waals surface area contributed by atoms with E-state index in [2.05, 4.69) is 42.5 Å². The van der Waals surface area contributed by atoms with Gasteiger partial charge in [-0.3, -0.25) is 0 Å². The molecule has 2 aromatic rings. The summed E-state index contributed by atoms with van der Waals surface area (Å²) < 4.78 is 2.41. The van der Waals surface area contributed by atoms with Crippen molar-refractivity contribution < 1.29 is 0 Å². The first kappa shape index (κ1) is 10.3. The second-order valence-electron chi connectivity index (χ2n) is 4.37. The van der Waals surface area contributed by atoms with Gasteiger partial charge in [0.2, 0.25) is 0 Å². The predicted octanol–water partition coefficient (Wildman–Crippen LogP) is 3.59. The number of hydrogen-bond acceptors (Lipinski definition) is 1. The minimum Gasteiger partial charge on any atom is -0.346 e. The fourth-order valence-corrected chi connectivity index (χ4v) is 3.46. The van der Waals surface area contributed by atoms with Gasteiger partial charge < -0.3 is 4.57 Å². The van der Waals surface area contributed by atoms with Crippen LogP contribution in [0.2, 0.25) is 0 Å². The van der Waals surface area contributed by atoms with E-state index in [0.29, 0.717) is 0 Å². The summed E-state index contributed by atoms with van der Waals surface area (Å²) in [6.45, 7) is 0. The summed E-state index contributed by atoms with van der Waals surface area (Å²) in [5.41, 5.74) is 4.52. The molecular formula is C14H16NS. The summed E-state index contributed by atoms with van der Waals surface area (Å²) >= 11 is 1.84. The molecule has 0 atom stereocenters. The fraction of sp³-hybridized carbons (Fsp3) is 0.357. The van der Waals surface area contributed by atoms with Crippen molar-refractivity contribution in [2.24, 2.45) is 7.05 Å². The van der Waals surface area contributed by atoms with Gasteiger partial charge >= 0.3 is 0 Å². The molecule has 0 spiro atoms. The Morgan fingerprint density at radius 3 is 3.00 bits per heavy atom. The standard InChI is InChI=1S/C14H16NS/c1-15-12-8-4-3-6-10(12)11-7-5-9-13(16-2)14(11)15/h3,5,7,9H,4,6,8H2,1-2H3. The first-order chi connectivity index (χ1) is 7.83. The summed E-state index contributed by atoms with van der Waals surface area (Å²) in [6.07, 6.45) is 8.14. The van der Waals surface area contributed by atoms with Gasteiger partial charge in [-0.05, 0) is 43.6 Å². The molecule has 1 aromatic heterocycles. The third-order valence-electron chi connectivity index (χ3n) is 3.57. The Balaban J connectivity index is 2.39. The van der Waals surface area contributed by atoms with E-state index in [4.69, 9.17) is 0 Å². The molecule has 0 saturated heterocycles. The summed E-state index contributed by atoms with van der Waals surface area (Å²) in [7, 11) is 2.21. The van der Waals surface area contributed by atoms with Crippen LogP contribution < -0.4 is 0 Å². The Morgan fingerprint density at radius 2 is 2.19 bits per heavy atom. The highest BCUT2D eigenvalue weighted by Gasteiger charge is 2.19. The smallest absolute Gasteiger partial charge is 0.0620 e. The van der Waals surface area contributed by atoms with Gasteiger partial charge in [-0.2, -0.15) is 0 Å². The van der Waals surface area contributed by atoms with Gasteiger partial charge in [0.25, 0.3) is 0 Å². The van der Waals surface area contributed by atoms with Crippen molar-refractivity contribution in [1.29, 1.82) is 0 Å². The molecule has 1 nitrogen and oxygen atoms in total. The molecule has 0 unspecified atom stereocenters. The maximum absolute atomic E-state index is 2.41. The van der Waals surface area contributed by atoms with Crippen LogP contribution in [0, 0.1) is 6.42 Å². The van der Waals surface area contributed by atoms with Crippen molar-refractivity contribution in [1.82, 2.24) is 4.57 Å². The van der Waals surface area contributed by atoms with Crippen molar-refractivity contribution >= 4 is 22.7 Å². The molecule has 1 heterocycles. The molecule has 0 amide bonds. The van der Waals surface area contributed by atoms with Crippen LogP contribution in [0.25, 0.3) is 10.9 Å². The van der Waals surface area contributed by atoms with Gasteiger partial charge in [-0.15, -0.1) is 11.8 Å². The number of benzene rings is 1. The fourth-order valence-electron chi connectivity index (χ4n) is 2.80. The molecule has 2 heteroatoms. The molecule has 1 aliphatic rings. The summed E-state index contributed by atoms with van der Waals surface area (Å²) in [6, 6.07) is 6.68. The van der Waals surface area contributed by atoms with Crippen LogP contribution in [0.3, 0.4) is 0 Å². The number of para-hydroxylation sites is 1. The highest BCUT2D eigenvalue weighted by Crippen LogP contribution is 2.35. The van der Waals surface area contributed by atoms with E-state index in [0.717, 1.165) is 6.42 Å². The SMILES string of the molecule is CSc1cccc2c3c(n(C)c12)CC[CH]C3. The van der Waals surface area contributed by atoms with Crippen molar-refractivity contribution in [2.45, 2.75) is 24.2 Å². The van der Waals surface area contributed by atoms with E-state index in [1.807, 2.05) is 11.8 Å². The zero-order valence-electron chi connectivity index (χ0n) is 9.79. The third kappa shape index (κ3) is 1.32. The van der Waals surface area contributed by atoms with Gasteiger partial charge in [-0.1, -0.05) is 12.1 Å². The summed E-state index contributed by atoms with van der Waals surface area (Å²) in [4.78, 5) is 1.40. The van der Waals surface area contributed by atoms with Crippen LogP contribution in [0.4, 0.5) is 0 Å². The molecule has 0 N–H and O–H groups in total. The molecule has 1 aliphatic carbocycles. The maximum Gasteiger partial charge on any atom is 0.0620 e. The number of rotatable bonds is 1. The minimum absolute atomic E-state index is 1.14. The average Bonchev–Trinajstić information content (AvgIpc) is 2.64. The monoisotopic (exact) mass is 230 g/mol. The number of nitrogens with zero attached hydrogens (tertiary/aromatic N) is 1. The number of fused-ring (bicyclic) bond motifs is 3. The van der Waals surface area contributed by atoms with Crippen molar-refractivity contribution in [3.05, 3.63) is 35.9 Å². The van der Waals surface area contributed by atoms with E-state index in [-0.39, 0.29) is 0 Å². The largest absolute Gasteiger partial charge is 0.346 e. The molecule has 1 aromatic carbocycles. The summed E-state index contributed by atoms with van der Waals surface area (Å²) in [5, 5.41) is 1.46. The molecule has 0 bridgehead atoms. The van der Waals surface area contributed by atoms with Gasteiger partial charge in [-0.25, -0.2) is 0 Å². The quantitative estimate of drug-likeness (QED) is 0.678. The Bertz CT molecular complexity index is 539. The Hall–Kier alpha value is -0.890. The van der Waals surface area contributed by atoms with Crippen LogP contribution in [0.5, 0.6) is 0 Å². The van der Waals surface area contributed by atoms with Crippen molar-refractivity contribution in [2.75, 3.05) is 6.26 Å². The van der Waals surface area contributed by atoms with Gasteiger partial charge in [0.1, 0.15) is 0 Å². The molecule has 0 saturated carbocycles. The summed E-state index contributed by atoms with van der Waals surface area (Å²) in [5.74, 6) is 0. The van der Waals surface area contributed by atoms with Crippen molar-refractivity contribution in [3.8, 4) is 0 Å². The van der Waals surface area contributed by atoms with E-state index < -0.39 is 0 Å². The van der Waals surface area contributed by atoms with Crippen LogP contribution in [0.15, 0.2) is 23.1 Å². The van der Waals surface area contributed by atoms with E-state index in [1.165, 1.54) is 28.6 Å². The zero-order valence-corrected chi connectivity index (χ0v) is 10.6. The topological polar surface area (TPSA) is 4.93 Å². The Kier molecular flexibility index (Phi) is 2.47. The Labute approximate surface area is 101 Å². The molecule has 3 rings (SSSR count). The zero-order chi connectivity index (χ0) is 11.1. The van der Waals surface area contributed by atoms with Crippen molar-refractivity contribution in [3.63, 3.8) is 0 Å². The van der Waals surface area contributed by atoms with Gasteiger partial charge in [0.05, 0.1) is 5.52 Å². The van der Waals surface area contributed by atoms with E-state index >= 15 is 0 Å². The second-order valence-corrected chi connectivity index (χ2v) is 5.22. The second kappa shape index (κ2) is 3.85. The highest BCUT2D eigenvalue weighted by atomic mass is 32.2. The molecule has 1 radical (unpaired) electrons. The molecular weight excluding hydrogens is 214 g/mol. The number of thioether (sulfide) groups is 1. The predicted molar refractivity (Wildman–Crippen MR) is 71.0 cm³/mol. The highest BCUT2D eigenvalue weighted by molar-refractivity contribution is 7.98. The lowest BCUT2D eigenvalue weighted by molar-refractivity contribution is 0.751. The number of aryl methyl sites for hydroxylation is 1. The minimum atomic E-state index is 1.14. The van der Waals surface area contributed by atoms with Crippen LogP contribution >= 0.6 is 11.8 Å². The lowest BCUT2D eigenvalue weighted by atomic mass is 9.96. The Morgan fingerprint density at radius 1 is 1.31 bits per heavy atom. The number of aromatic nitrogens is 1. The van der Waals surface area contributed by atoms with Gasteiger partial charge in [0.15, 0.2) is 0 Å². The maximum atomic E-state index is 2.41. The van der Waals surface area contributed by atoms with Crippen LogP contribution in [-0.2, 0) is 19.9 Å². The average molecular weight is 230 g/mol. The normalized spacial score (nSPS) is 15.4. The molecule has 0 fully saturated rings. The molecule has 83 valence electrons. The van der Waals surface area contributed by atoms with Gasteiger partial charge in [0, 0.05) is 23.0 Å². The first-order valence-corrected chi connectivity index (χ1v) is 7.00.